The van der Waals surface area contributed by atoms with Crippen LogP contribution in [0.15, 0.2) is 72.3 Å². The van der Waals surface area contributed by atoms with Crippen LogP contribution in [0.1, 0.15) is 18.4 Å². The lowest BCUT2D eigenvalue weighted by Gasteiger charge is -2.22. The van der Waals surface area contributed by atoms with E-state index in [9.17, 15) is 4.79 Å². The van der Waals surface area contributed by atoms with Gasteiger partial charge in [0.25, 0.3) is 0 Å². The molecule has 0 saturated carbocycles. The Morgan fingerprint density at radius 1 is 1.09 bits per heavy atom. The Bertz CT molecular complexity index is 1310. The van der Waals surface area contributed by atoms with Crippen LogP contribution in [0.2, 0.25) is 0 Å². The molecule has 172 valence electrons. The van der Waals surface area contributed by atoms with Gasteiger partial charge in [0.05, 0.1) is 0 Å². The second-order valence-electron chi connectivity index (χ2n) is 8.26. The van der Waals surface area contributed by atoms with E-state index in [0.717, 1.165) is 64.2 Å². The highest BCUT2D eigenvalue weighted by atomic mass is 32.1. The standard InChI is InChI=1S/C27H26N4O2S/c28-27-25-23(18-6-9-22(10-7-18)33-21-4-2-1-3-5-21)17-34-26(25)19(16-30-27)8-11-24(32)31-20-12-14-29-15-13-20/h1-11,16-17,20,29H,12-15H2,(H2,28,30)(H,31,32)/b11-8+. The molecule has 0 atom stereocenters. The van der Waals surface area contributed by atoms with Crippen molar-refractivity contribution in [2.24, 2.45) is 0 Å². The third kappa shape index (κ3) is 4.95. The number of amides is 1. The number of nitrogens with zero attached hydrogens (tertiary/aromatic N) is 1. The van der Waals surface area contributed by atoms with Crippen molar-refractivity contribution in [3.8, 4) is 22.6 Å². The van der Waals surface area contributed by atoms with Gasteiger partial charge in [-0.2, -0.15) is 0 Å². The molecule has 0 radical (unpaired) electrons. The van der Waals surface area contributed by atoms with E-state index in [1.807, 2.05) is 60.7 Å². The molecule has 6 nitrogen and oxygen atoms in total. The quantitative estimate of drug-likeness (QED) is 0.336. The minimum Gasteiger partial charge on any atom is -0.457 e. The number of fused-ring (bicyclic) bond motifs is 1. The number of piperidine rings is 1. The summed E-state index contributed by atoms with van der Waals surface area (Å²) in [6, 6.07) is 17.9. The molecule has 0 spiro atoms. The Kier molecular flexibility index (Phi) is 6.56. The Morgan fingerprint density at radius 3 is 2.59 bits per heavy atom. The van der Waals surface area contributed by atoms with E-state index in [1.54, 1.807) is 23.6 Å². The van der Waals surface area contributed by atoms with Crippen molar-refractivity contribution in [1.29, 1.82) is 0 Å². The molecule has 2 aromatic heterocycles. The number of anilines is 1. The number of pyridine rings is 1. The first kappa shape index (κ1) is 22.1. The number of carbonyl (C=O) groups is 1. The van der Waals surface area contributed by atoms with Gasteiger partial charge >= 0.3 is 0 Å². The number of nitrogen functional groups attached to an aromatic ring is 1. The van der Waals surface area contributed by atoms with Crippen molar-refractivity contribution >= 4 is 39.2 Å². The lowest BCUT2D eigenvalue weighted by molar-refractivity contribution is -0.117. The third-order valence-electron chi connectivity index (χ3n) is 5.90. The smallest absolute Gasteiger partial charge is 0.244 e. The van der Waals surface area contributed by atoms with Crippen LogP contribution >= 0.6 is 11.3 Å². The lowest BCUT2D eigenvalue weighted by atomic mass is 10.0. The summed E-state index contributed by atoms with van der Waals surface area (Å²) in [5, 5.41) is 9.38. The molecule has 1 aliphatic heterocycles. The highest BCUT2D eigenvalue weighted by molar-refractivity contribution is 7.18. The van der Waals surface area contributed by atoms with Crippen molar-refractivity contribution in [1.82, 2.24) is 15.6 Å². The summed E-state index contributed by atoms with van der Waals surface area (Å²) < 4.78 is 6.92. The molecule has 1 fully saturated rings. The Hall–Kier alpha value is -3.68. The van der Waals surface area contributed by atoms with Gasteiger partial charge in [0.2, 0.25) is 5.91 Å². The van der Waals surface area contributed by atoms with Crippen molar-refractivity contribution in [2.75, 3.05) is 18.8 Å². The first-order valence-electron chi connectivity index (χ1n) is 11.4. The van der Waals surface area contributed by atoms with Crippen LogP contribution in [0.25, 0.3) is 27.3 Å². The molecule has 2 aromatic carbocycles. The third-order valence-corrected chi connectivity index (χ3v) is 6.93. The Morgan fingerprint density at radius 2 is 1.82 bits per heavy atom. The number of rotatable bonds is 6. The van der Waals surface area contributed by atoms with Gasteiger partial charge in [-0.05, 0) is 67.2 Å². The minimum absolute atomic E-state index is 0.0809. The summed E-state index contributed by atoms with van der Waals surface area (Å²) in [5.41, 5.74) is 9.21. The number of carbonyl (C=O) groups excluding carboxylic acids is 1. The van der Waals surface area contributed by atoms with Crippen LogP contribution in [0.4, 0.5) is 5.82 Å². The zero-order chi connectivity index (χ0) is 23.3. The van der Waals surface area contributed by atoms with Crippen molar-refractivity contribution in [2.45, 2.75) is 18.9 Å². The molecule has 0 aliphatic carbocycles. The fraction of sp³-hybridized carbons (Fsp3) is 0.185. The molecule has 1 amide bonds. The average Bonchev–Trinajstić information content (AvgIpc) is 3.32. The number of hydrogen-bond donors (Lipinski definition) is 3. The number of ether oxygens (including phenoxy) is 1. The van der Waals surface area contributed by atoms with Gasteiger partial charge in [-0.25, -0.2) is 4.98 Å². The predicted molar refractivity (Wildman–Crippen MR) is 139 cm³/mol. The Balaban J connectivity index is 1.36. The van der Waals surface area contributed by atoms with Gasteiger partial charge in [-0.3, -0.25) is 4.79 Å². The van der Waals surface area contributed by atoms with Gasteiger partial charge in [-0.1, -0.05) is 30.3 Å². The van der Waals surface area contributed by atoms with Gasteiger partial charge in [0.15, 0.2) is 0 Å². The molecular weight excluding hydrogens is 444 g/mol. The van der Waals surface area contributed by atoms with Crippen LogP contribution in [0.5, 0.6) is 11.5 Å². The van der Waals surface area contributed by atoms with Crippen molar-refractivity contribution in [3.05, 3.63) is 77.8 Å². The average molecular weight is 471 g/mol. The molecule has 34 heavy (non-hydrogen) atoms. The number of hydrogen-bond acceptors (Lipinski definition) is 6. The summed E-state index contributed by atoms with van der Waals surface area (Å²) in [4.78, 5) is 16.8. The summed E-state index contributed by atoms with van der Waals surface area (Å²) in [6.07, 6.45) is 7.04. The number of aromatic nitrogens is 1. The maximum atomic E-state index is 12.4. The number of benzene rings is 2. The molecule has 1 saturated heterocycles. The van der Waals surface area contributed by atoms with Crippen LogP contribution in [-0.2, 0) is 4.79 Å². The van der Waals surface area contributed by atoms with Crippen molar-refractivity contribution in [3.63, 3.8) is 0 Å². The number of nitrogens with two attached hydrogens (primary N) is 1. The van der Waals surface area contributed by atoms with E-state index in [4.69, 9.17) is 10.5 Å². The highest BCUT2D eigenvalue weighted by Crippen LogP contribution is 2.39. The van der Waals surface area contributed by atoms with Gasteiger partial charge in [-0.15, -0.1) is 11.3 Å². The number of para-hydroxylation sites is 1. The van der Waals surface area contributed by atoms with Gasteiger partial charge in [0.1, 0.15) is 17.3 Å². The maximum Gasteiger partial charge on any atom is 0.244 e. The van der Waals surface area contributed by atoms with Gasteiger partial charge in [0, 0.05) is 39.5 Å². The number of nitrogens with one attached hydrogen (secondary N) is 2. The summed E-state index contributed by atoms with van der Waals surface area (Å²) >= 11 is 1.60. The zero-order valence-electron chi connectivity index (χ0n) is 18.7. The summed E-state index contributed by atoms with van der Waals surface area (Å²) in [6.45, 7) is 1.88. The topological polar surface area (TPSA) is 89.3 Å². The molecule has 0 unspecified atom stereocenters. The molecule has 7 heteroatoms. The molecule has 1 aliphatic rings. The van der Waals surface area contributed by atoms with E-state index in [0.29, 0.717) is 5.82 Å². The first-order valence-corrected chi connectivity index (χ1v) is 12.2. The predicted octanol–water partition coefficient (Wildman–Crippen LogP) is 5.22. The van der Waals surface area contributed by atoms with Crippen LogP contribution in [-0.4, -0.2) is 30.0 Å². The van der Waals surface area contributed by atoms with Gasteiger partial charge < -0.3 is 21.1 Å². The molecule has 0 bridgehead atoms. The molecule has 4 N–H and O–H groups in total. The second-order valence-corrected chi connectivity index (χ2v) is 9.14. The fourth-order valence-electron chi connectivity index (χ4n) is 4.13. The Labute approximate surface area is 202 Å². The zero-order valence-corrected chi connectivity index (χ0v) is 19.5. The summed E-state index contributed by atoms with van der Waals surface area (Å²) in [5.74, 6) is 1.96. The maximum absolute atomic E-state index is 12.4. The largest absolute Gasteiger partial charge is 0.457 e. The van der Waals surface area contributed by atoms with Crippen LogP contribution < -0.4 is 21.1 Å². The van der Waals surface area contributed by atoms with E-state index in [1.165, 1.54) is 0 Å². The second kappa shape index (κ2) is 10.1. The molecule has 3 heterocycles. The SMILES string of the molecule is Nc1ncc(/C=C/C(=O)NC2CCNCC2)c2scc(-c3ccc(Oc4ccccc4)cc3)c12. The summed E-state index contributed by atoms with van der Waals surface area (Å²) in [7, 11) is 0. The van der Waals surface area contributed by atoms with Crippen LogP contribution in [0, 0.1) is 0 Å². The minimum atomic E-state index is -0.0809. The molecular formula is C27H26N4O2S. The van der Waals surface area contributed by atoms with Crippen LogP contribution in [0.3, 0.4) is 0 Å². The lowest BCUT2D eigenvalue weighted by Crippen LogP contribution is -2.42. The first-order chi connectivity index (χ1) is 16.7. The fourth-order valence-corrected chi connectivity index (χ4v) is 5.21. The number of thiophene rings is 1. The monoisotopic (exact) mass is 470 g/mol. The van der Waals surface area contributed by atoms with E-state index in [2.05, 4.69) is 21.0 Å². The molecule has 4 aromatic rings. The normalized spacial score (nSPS) is 14.5. The van der Waals surface area contributed by atoms with E-state index < -0.39 is 0 Å². The molecule has 5 rings (SSSR count). The van der Waals surface area contributed by atoms with E-state index >= 15 is 0 Å². The highest BCUT2D eigenvalue weighted by Gasteiger charge is 2.15. The van der Waals surface area contributed by atoms with Crippen molar-refractivity contribution < 1.29 is 9.53 Å². The van der Waals surface area contributed by atoms with E-state index in [-0.39, 0.29) is 11.9 Å².